The van der Waals surface area contributed by atoms with E-state index in [0.717, 1.165) is 13.1 Å². The highest BCUT2D eigenvalue weighted by Crippen LogP contribution is 2.38. The van der Waals surface area contributed by atoms with Gasteiger partial charge in [0, 0.05) is 31.2 Å². The third-order valence-corrected chi connectivity index (χ3v) is 5.38. The minimum atomic E-state index is 0.404. The average molecular weight is 273 g/mol. The van der Waals surface area contributed by atoms with Gasteiger partial charge in [0.2, 0.25) is 0 Å². The van der Waals surface area contributed by atoms with Crippen LogP contribution >= 0.6 is 0 Å². The van der Waals surface area contributed by atoms with Gasteiger partial charge >= 0.3 is 0 Å². The van der Waals surface area contributed by atoms with Crippen molar-refractivity contribution in [3.8, 4) is 0 Å². The average Bonchev–Trinajstić information content (AvgIpc) is 2.41. The summed E-state index contributed by atoms with van der Waals surface area (Å²) in [7, 11) is 6.76. The van der Waals surface area contributed by atoms with Gasteiger partial charge in [-0.15, -0.1) is 0 Å². The van der Waals surface area contributed by atoms with Crippen LogP contribution in [0.25, 0.3) is 0 Å². The third-order valence-electron chi connectivity index (χ3n) is 5.38. The van der Waals surface area contributed by atoms with Crippen molar-refractivity contribution in [1.29, 1.82) is 0 Å². The Morgan fingerprint density at radius 1 is 1.20 bits per heavy atom. The van der Waals surface area contributed by atoms with Gasteiger partial charge < -0.3 is 10.2 Å². The molecule has 1 unspecified atom stereocenters. The van der Waals surface area contributed by atoms with Gasteiger partial charge in [0.05, 0.1) is 0 Å². The number of benzene rings is 1. The second-order valence-electron chi connectivity index (χ2n) is 6.73. The zero-order valence-electron chi connectivity index (χ0n) is 13.0. The summed E-state index contributed by atoms with van der Waals surface area (Å²) in [5, 5.41) is 3.57. The molecule has 0 bridgehead atoms. The highest BCUT2D eigenvalue weighted by atomic mass is 15.2. The molecule has 0 aromatic heterocycles. The van der Waals surface area contributed by atoms with Crippen molar-refractivity contribution >= 4 is 0 Å². The van der Waals surface area contributed by atoms with E-state index in [1.807, 2.05) is 0 Å². The maximum absolute atomic E-state index is 3.57. The molecule has 1 atom stereocenters. The van der Waals surface area contributed by atoms with Crippen LogP contribution in [0.5, 0.6) is 0 Å². The number of hydrogen-bond donors (Lipinski definition) is 1. The zero-order valence-corrected chi connectivity index (χ0v) is 13.0. The Morgan fingerprint density at radius 2 is 1.95 bits per heavy atom. The maximum Gasteiger partial charge on any atom is 0.0473 e. The highest BCUT2D eigenvalue weighted by Gasteiger charge is 2.41. The third kappa shape index (κ3) is 2.39. The smallest absolute Gasteiger partial charge is 0.0473 e. The van der Waals surface area contributed by atoms with E-state index in [2.05, 4.69) is 60.5 Å². The van der Waals surface area contributed by atoms with Crippen LogP contribution in [0.2, 0.25) is 0 Å². The largest absolute Gasteiger partial charge is 0.311 e. The molecule has 0 amide bonds. The summed E-state index contributed by atoms with van der Waals surface area (Å²) in [4.78, 5) is 5.00. The summed E-state index contributed by atoms with van der Waals surface area (Å²) < 4.78 is 0. The van der Waals surface area contributed by atoms with E-state index in [1.165, 1.54) is 36.9 Å². The molecule has 3 heteroatoms. The fourth-order valence-electron chi connectivity index (χ4n) is 3.77. The standard InChI is InChI=1S/C17H27N3/c1-19(2)17(9-6-10-17)13-20(3)16-12-18-11-14-7-4-5-8-15(14)16/h4-5,7-8,16,18H,6,9-13H2,1-3H3. The Bertz CT molecular complexity index is 465. The van der Waals surface area contributed by atoms with Crippen LogP contribution in [0.15, 0.2) is 24.3 Å². The first-order chi connectivity index (χ1) is 9.62. The van der Waals surface area contributed by atoms with Crippen LogP contribution in [0, 0.1) is 0 Å². The Labute approximate surface area is 123 Å². The molecule has 1 aromatic rings. The molecule has 1 aromatic carbocycles. The molecule has 1 heterocycles. The molecular formula is C17H27N3. The van der Waals surface area contributed by atoms with E-state index >= 15 is 0 Å². The van der Waals surface area contributed by atoms with Gasteiger partial charge in [0.1, 0.15) is 0 Å². The van der Waals surface area contributed by atoms with Crippen LogP contribution in [0.4, 0.5) is 0 Å². The number of fused-ring (bicyclic) bond motifs is 1. The number of nitrogens with one attached hydrogen (secondary N) is 1. The van der Waals surface area contributed by atoms with E-state index in [0.29, 0.717) is 11.6 Å². The Morgan fingerprint density at radius 3 is 2.60 bits per heavy atom. The van der Waals surface area contributed by atoms with Gasteiger partial charge in [-0.05, 0) is 51.5 Å². The first kappa shape index (κ1) is 14.1. The van der Waals surface area contributed by atoms with Gasteiger partial charge in [-0.25, -0.2) is 0 Å². The normalized spacial score (nSPS) is 24.6. The second kappa shape index (κ2) is 5.47. The lowest BCUT2D eigenvalue weighted by molar-refractivity contribution is 0.0148. The zero-order chi connectivity index (χ0) is 14.2. The van der Waals surface area contributed by atoms with Crippen molar-refractivity contribution in [2.45, 2.75) is 37.4 Å². The fourth-order valence-corrected chi connectivity index (χ4v) is 3.77. The van der Waals surface area contributed by atoms with Crippen molar-refractivity contribution < 1.29 is 0 Å². The lowest BCUT2D eigenvalue weighted by atomic mass is 9.75. The predicted octanol–water partition coefficient (Wildman–Crippen LogP) is 2.25. The number of nitrogens with zero attached hydrogens (tertiary/aromatic N) is 2. The van der Waals surface area contributed by atoms with E-state index in [4.69, 9.17) is 0 Å². The van der Waals surface area contributed by atoms with Gasteiger partial charge in [-0.1, -0.05) is 24.3 Å². The van der Waals surface area contributed by atoms with Crippen molar-refractivity contribution in [2.24, 2.45) is 0 Å². The summed E-state index contributed by atoms with van der Waals surface area (Å²) in [6.07, 6.45) is 4.06. The minimum Gasteiger partial charge on any atom is -0.311 e. The molecule has 3 nitrogen and oxygen atoms in total. The molecular weight excluding hydrogens is 246 g/mol. The molecule has 1 fully saturated rings. The van der Waals surface area contributed by atoms with Crippen LogP contribution in [-0.4, -0.2) is 49.6 Å². The molecule has 2 aliphatic rings. The molecule has 1 aliphatic heterocycles. The van der Waals surface area contributed by atoms with Crippen LogP contribution in [0.3, 0.4) is 0 Å². The summed E-state index contributed by atoms with van der Waals surface area (Å²) in [5.41, 5.74) is 3.38. The van der Waals surface area contributed by atoms with Gasteiger partial charge in [-0.3, -0.25) is 4.90 Å². The van der Waals surface area contributed by atoms with E-state index in [9.17, 15) is 0 Å². The lowest BCUT2D eigenvalue weighted by Crippen LogP contribution is -2.57. The summed E-state index contributed by atoms with van der Waals surface area (Å²) in [6, 6.07) is 9.40. The number of rotatable bonds is 4. The molecule has 1 aliphatic carbocycles. The molecule has 3 rings (SSSR count). The van der Waals surface area contributed by atoms with E-state index in [1.54, 1.807) is 0 Å². The molecule has 0 radical (unpaired) electrons. The first-order valence-electron chi connectivity index (χ1n) is 7.79. The van der Waals surface area contributed by atoms with Crippen molar-refractivity contribution in [1.82, 2.24) is 15.1 Å². The number of likely N-dealkylation sites (N-methyl/N-ethyl adjacent to an activating group) is 2. The first-order valence-corrected chi connectivity index (χ1v) is 7.79. The molecule has 0 spiro atoms. The number of hydrogen-bond acceptors (Lipinski definition) is 3. The fraction of sp³-hybridized carbons (Fsp3) is 0.647. The van der Waals surface area contributed by atoms with Gasteiger partial charge in [0.15, 0.2) is 0 Å². The van der Waals surface area contributed by atoms with E-state index < -0.39 is 0 Å². The predicted molar refractivity (Wildman–Crippen MR) is 83.8 cm³/mol. The van der Waals surface area contributed by atoms with Gasteiger partial charge in [-0.2, -0.15) is 0 Å². The summed E-state index contributed by atoms with van der Waals surface area (Å²) in [5.74, 6) is 0. The maximum atomic E-state index is 3.57. The van der Waals surface area contributed by atoms with Crippen LogP contribution in [-0.2, 0) is 6.54 Å². The summed E-state index contributed by atoms with van der Waals surface area (Å²) in [6.45, 7) is 3.25. The molecule has 110 valence electrons. The SMILES string of the molecule is CN(CC1(N(C)C)CCC1)C1CNCc2ccccc21. The molecule has 20 heavy (non-hydrogen) atoms. The van der Waals surface area contributed by atoms with Crippen molar-refractivity contribution in [3.63, 3.8) is 0 Å². The minimum absolute atomic E-state index is 0.404. The van der Waals surface area contributed by atoms with E-state index in [-0.39, 0.29) is 0 Å². The highest BCUT2D eigenvalue weighted by molar-refractivity contribution is 5.32. The van der Waals surface area contributed by atoms with Crippen LogP contribution in [0.1, 0.15) is 36.4 Å². The second-order valence-corrected chi connectivity index (χ2v) is 6.73. The Balaban J connectivity index is 1.77. The lowest BCUT2D eigenvalue weighted by Gasteiger charge is -2.51. The van der Waals surface area contributed by atoms with Crippen molar-refractivity contribution in [3.05, 3.63) is 35.4 Å². The van der Waals surface area contributed by atoms with Gasteiger partial charge in [0.25, 0.3) is 0 Å². The van der Waals surface area contributed by atoms with Crippen molar-refractivity contribution in [2.75, 3.05) is 34.2 Å². The Kier molecular flexibility index (Phi) is 3.85. The van der Waals surface area contributed by atoms with Crippen LogP contribution < -0.4 is 5.32 Å². The molecule has 0 saturated heterocycles. The summed E-state index contributed by atoms with van der Waals surface area (Å²) >= 11 is 0. The quantitative estimate of drug-likeness (QED) is 0.908. The topological polar surface area (TPSA) is 18.5 Å². The Hall–Kier alpha value is -0.900. The molecule has 1 saturated carbocycles. The molecule has 1 N–H and O–H groups in total. The monoisotopic (exact) mass is 273 g/mol.